The molecule has 0 spiro atoms. The number of nitrogens with zero attached hydrogens (tertiary/aromatic N) is 14. The van der Waals surface area contributed by atoms with Crippen molar-refractivity contribution in [1.82, 2.24) is 49.2 Å². The molecule has 7 aromatic carbocycles. The maximum atomic E-state index is 12.4. The summed E-state index contributed by atoms with van der Waals surface area (Å²) in [4.78, 5) is 117. The summed E-state index contributed by atoms with van der Waals surface area (Å²) < 4.78 is 28.8. The van der Waals surface area contributed by atoms with Gasteiger partial charge in [-0.25, -0.2) is 19.7 Å². The molecular weight excluding hydrogens is 2120 g/mol. The van der Waals surface area contributed by atoms with Crippen molar-refractivity contribution < 1.29 is 114 Å². The zero-order valence-corrected chi connectivity index (χ0v) is 89.8. The van der Waals surface area contributed by atoms with Crippen LogP contribution in [0.2, 0.25) is 50.7 Å². The van der Waals surface area contributed by atoms with Crippen LogP contribution in [0.4, 0.5) is 74.5 Å². The van der Waals surface area contributed by atoms with Gasteiger partial charge in [-0.15, -0.1) is 5.60 Å². The molecule has 15 aromatic rings. The van der Waals surface area contributed by atoms with E-state index in [1.165, 1.54) is 56.8 Å². The van der Waals surface area contributed by atoms with E-state index >= 15 is 0 Å². The number of pyridine rings is 6. The maximum Gasteiger partial charge on any atom is 1.00 e. The van der Waals surface area contributed by atoms with Gasteiger partial charge < -0.3 is 56.2 Å². The third kappa shape index (κ3) is 40.6. The summed E-state index contributed by atoms with van der Waals surface area (Å²) in [6.07, 6.45) is 2.08. The number of nitrogen functional groups attached to an aromatic ring is 2. The first-order valence-corrected chi connectivity index (χ1v) is 46.3. The van der Waals surface area contributed by atoms with Crippen LogP contribution >= 0.6 is 128 Å². The van der Waals surface area contributed by atoms with Gasteiger partial charge >= 0.3 is 79.7 Å². The predicted octanol–water partition coefficient (Wildman–Crippen LogP) is 21.3. The third-order valence-electron chi connectivity index (χ3n) is 17.3. The van der Waals surface area contributed by atoms with Gasteiger partial charge in [-0.05, 0) is 241 Å². The number of esters is 1. The van der Waals surface area contributed by atoms with Crippen molar-refractivity contribution in [2.75, 3.05) is 65.4 Å². The van der Waals surface area contributed by atoms with Gasteiger partial charge in [0.1, 0.15) is 21.6 Å². The number of carbonyl (C=O) groups is 4. The second kappa shape index (κ2) is 60.3. The number of ketones is 1. The summed E-state index contributed by atoms with van der Waals surface area (Å²) in [6.45, 7) is 18.1. The molecule has 0 radical (unpaired) electrons. The molecule has 7 N–H and O–H groups in total. The van der Waals surface area contributed by atoms with Crippen LogP contribution in [0.3, 0.4) is 0 Å². The standard InChI is InChI=1S/C16H13ClN2O3.C15H11Cl2N3O2.C13H12ClN3O3.C13H14ClN3O.C11H7Cl2N3O2.C9H10N2.C6H6ClN.C5H2Cl2N2O2.C4H5ClO3.C4H9O.K/c1-2-22-14-8-3-10-9-13(20)16(21)19(15(10)18-14)12-6-4-11(17)5-7-12;1-2-22-12-8-7-11-14(19-12)20(15(21)13(17)18-11)10-5-3-9(16)4-6-10;1-2-20-12-8-7-11(17(18)19)13(16-12)15-10-5-3-9(14)4-6-10;1-2-18-12-8-7-11(15)13(17-12)16-10-5-3-9(14)4-6-10;12-7-1-3-8(4-2-7)14-11-9(16(17)18)5-6-10(13)15-11;1-7-3-4-9-8(5-7)6-11(2)10-9;7-5-1-3-6(8)4-2-5;6-4-2-1-3(9(10)11)5(7)8-4;1-2-8-4(7)3(5)6;1-4(2,3)5;/h3-8H,2,9H2,1H3;3-8H,2H2,1H3;3-8H,2H2,1H3,(H,15,16);3-8H,2,15H2,1H3,(H,16,17);1-6H,(H,14,15);3-6H,1-2H3;1-4H,8H2;1-2H;2H2,1H3;1-3H3;/q;;;;;;;;;-1;+1. The summed E-state index contributed by atoms with van der Waals surface area (Å²) in [6, 6.07) is 66.0. The minimum absolute atomic E-state index is 0. The molecule has 1 aliphatic rings. The number of carbonyl (C=O) groups excluding carboxylic acids is 4. The average molecular weight is 2210 g/mol. The fraction of sp³-hybridized carbons (Fsp3) is 0.177. The zero-order valence-electron chi connectivity index (χ0n) is 78.4. The Balaban J connectivity index is 0.000000250. The van der Waals surface area contributed by atoms with E-state index in [0.717, 1.165) is 21.9 Å². The van der Waals surface area contributed by atoms with Crippen molar-refractivity contribution >= 4 is 247 Å². The van der Waals surface area contributed by atoms with Crippen molar-refractivity contribution in [3.05, 3.63) is 345 Å². The molecular formula is C96H89Cl11KN19O17. The van der Waals surface area contributed by atoms with Crippen LogP contribution in [0.15, 0.2) is 248 Å². The van der Waals surface area contributed by atoms with Gasteiger partial charge in [0.25, 0.3) is 11.5 Å². The number of nitrogens with one attached hydrogen (secondary N) is 3. The number of nitrogens with two attached hydrogens (primary N) is 2. The monoisotopic (exact) mass is 2200 g/mol. The number of amides is 1. The largest absolute Gasteiger partial charge is 1.00 e. The summed E-state index contributed by atoms with van der Waals surface area (Å²) in [5.41, 5.74) is 18.1. The first-order valence-electron chi connectivity index (χ1n) is 42.1. The van der Waals surface area contributed by atoms with Crippen molar-refractivity contribution in [2.45, 2.75) is 74.3 Å². The fourth-order valence-electron chi connectivity index (χ4n) is 11.2. The maximum absolute atomic E-state index is 12.4. The molecule has 0 bridgehead atoms. The van der Waals surface area contributed by atoms with E-state index in [1.807, 2.05) is 63.8 Å². The van der Waals surface area contributed by atoms with Crippen molar-refractivity contribution in [1.29, 1.82) is 0 Å². The van der Waals surface area contributed by atoms with Gasteiger partial charge in [0.2, 0.25) is 46.1 Å². The predicted molar refractivity (Wildman–Crippen MR) is 560 cm³/mol. The number of rotatable bonds is 21. The minimum Gasteiger partial charge on any atom is -0.850 e. The van der Waals surface area contributed by atoms with Gasteiger partial charge in [0.15, 0.2) is 16.6 Å². The number of anilines is 10. The van der Waals surface area contributed by atoms with E-state index in [2.05, 4.69) is 79.7 Å². The number of Topliss-reactive ketones (excluding diaryl/α,β-unsaturated/α-hetero) is 1. The molecule has 0 atom stereocenters. The average Bonchev–Trinajstić information content (AvgIpc) is 1.40. The molecule has 48 heteroatoms. The van der Waals surface area contributed by atoms with Gasteiger partial charge in [-0.2, -0.15) is 25.0 Å². The fourth-order valence-corrected chi connectivity index (χ4v) is 12.8. The van der Waals surface area contributed by atoms with Crippen LogP contribution < -0.4 is 113 Å². The number of aromatic nitrogens is 10. The number of ether oxygens (including phenoxy) is 5. The van der Waals surface area contributed by atoms with Gasteiger partial charge in [0, 0.05) is 126 Å². The molecule has 0 fully saturated rings. The van der Waals surface area contributed by atoms with Crippen LogP contribution in [0.5, 0.6) is 23.5 Å². The molecule has 0 saturated heterocycles. The Morgan fingerprint density at radius 1 is 0.451 bits per heavy atom. The number of fused-ring (bicyclic) bond motifs is 3. The molecule has 0 unspecified atom stereocenters. The number of aryl methyl sites for hydroxylation is 2. The van der Waals surface area contributed by atoms with Gasteiger partial charge in [0.05, 0.1) is 70.4 Å². The summed E-state index contributed by atoms with van der Waals surface area (Å²) >= 11 is 61.8. The SMILES string of the molecule is CC(C)(C)[O-].CCOC(=O)C(=O)Cl.CCOc1ccc(N)c(Nc2ccc(Cl)cc2)n1.CCOc1ccc([N+](=O)[O-])c(Nc2ccc(Cl)cc2)n1.CCOc1ccc2c(n1)N(c1ccc(Cl)cc1)C(=O)C(=O)C2.CCOc1ccc2nc(Cl)c(=O)n(-c3ccc(Cl)cc3)c2n1.Cc1ccc2nn(C)cc2c1.Nc1ccc(Cl)cc1.O=[N+]([O-])c1ccc(Cl)nc1Cl.O=[N+]([O-])c1ccc(Cl)nc1Nc1ccc(Cl)cc1.[K+]. The molecule has 0 aliphatic carbocycles. The van der Waals surface area contributed by atoms with E-state index in [9.17, 15) is 59.4 Å². The van der Waals surface area contributed by atoms with Crippen LogP contribution in [0.25, 0.3) is 27.8 Å². The number of nitro groups is 3. The molecule has 16 rings (SSSR count). The first-order chi connectivity index (χ1) is 67.9. The van der Waals surface area contributed by atoms with Gasteiger partial charge in [-0.1, -0.05) is 148 Å². The van der Waals surface area contributed by atoms with Crippen molar-refractivity contribution in [3.63, 3.8) is 0 Å². The van der Waals surface area contributed by atoms with E-state index in [-0.39, 0.29) is 114 Å². The zero-order chi connectivity index (χ0) is 105. The van der Waals surface area contributed by atoms with Crippen LogP contribution in [0, 0.1) is 37.3 Å². The second-order valence-electron chi connectivity index (χ2n) is 29.3. The van der Waals surface area contributed by atoms with E-state index < -0.39 is 48.8 Å². The molecule has 1 aliphatic heterocycles. The molecule has 8 aromatic heterocycles. The smallest absolute Gasteiger partial charge is 0.850 e. The summed E-state index contributed by atoms with van der Waals surface area (Å²) in [5.74, 6) is 0.874. The number of halogens is 11. The third-order valence-corrected chi connectivity index (χ3v) is 19.9. The van der Waals surface area contributed by atoms with E-state index in [0.29, 0.717) is 132 Å². The van der Waals surface area contributed by atoms with Crippen LogP contribution in [0.1, 0.15) is 66.5 Å². The second-order valence-corrected chi connectivity index (χ2v) is 33.8. The number of benzene rings is 7. The Morgan fingerprint density at radius 2 is 0.840 bits per heavy atom. The molecule has 9 heterocycles. The summed E-state index contributed by atoms with van der Waals surface area (Å²) in [5, 5.41) is 59.1. The van der Waals surface area contributed by atoms with Crippen LogP contribution in [-0.2, 0) is 37.4 Å². The topological polar surface area (TPSA) is 488 Å². The number of hydrogen-bond acceptors (Lipinski definition) is 30. The number of hydrogen-bond donors (Lipinski definition) is 5. The van der Waals surface area contributed by atoms with E-state index in [4.69, 9.17) is 158 Å². The molecule has 1 amide bonds. The molecule has 748 valence electrons. The normalized spacial score (nSPS) is 10.7. The first kappa shape index (κ1) is 120. The Labute approximate surface area is 922 Å². The Morgan fingerprint density at radius 3 is 1.28 bits per heavy atom. The summed E-state index contributed by atoms with van der Waals surface area (Å²) in [7, 11) is 1.94. The molecule has 144 heavy (non-hydrogen) atoms. The van der Waals surface area contributed by atoms with Gasteiger partial charge in [-0.3, -0.25) is 63.7 Å². The molecule has 36 nitrogen and oxygen atoms in total. The Bertz CT molecular complexity index is 6890. The quantitative estimate of drug-likeness (QED) is 0.00652. The van der Waals surface area contributed by atoms with E-state index in [1.54, 1.807) is 198 Å². The van der Waals surface area contributed by atoms with Crippen molar-refractivity contribution in [2.24, 2.45) is 7.05 Å². The minimum atomic E-state index is -1.08. The van der Waals surface area contributed by atoms with Crippen molar-refractivity contribution in [3.8, 4) is 29.2 Å². The Hall–Kier alpha value is -12.5. The Kier molecular flexibility index (Phi) is 50.4. The van der Waals surface area contributed by atoms with Crippen LogP contribution in [-0.4, -0.2) is 126 Å². The molecule has 0 saturated carbocycles.